The summed E-state index contributed by atoms with van der Waals surface area (Å²) in [5.74, 6) is -0.767. The fraction of sp³-hybridized carbons (Fsp3) is 0.471. The Kier molecular flexibility index (Phi) is 11.0. The minimum absolute atomic E-state index is 0.329. The van der Waals surface area contributed by atoms with Crippen molar-refractivity contribution < 1.29 is 19.4 Å². The van der Waals surface area contributed by atoms with Gasteiger partial charge in [-0.3, -0.25) is 0 Å². The Bertz CT molecular complexity index is 1450. The van der Waals surface area contributed by atoms with Crippen LogP contribution < -0.4 is 0 Å². The number of carbonyl (C=O) groups is 2. The number of benzene rings is 2. The van der Waals surface area contributed by atoms with Gasteiger partial charge in [0.2, 0.25) is 0 Å². The maximum Gasteiger partial charge on any atom is 0.352 e. The highest BCUT2D eigenvalue weighted by atomic mass is 16.5. The number of carboxylic acids is 1. The van der Waals surface area contributed by atoms with Crippen molar-refractivity contribution in [3.63, 3.8) is 0 Å². The Balaban J connectivity index is 0.000000691. The van der Waals surface area contributed by atoms with E-state index < -0.39 is 5.97 Å². The van der Waals surface area contributed by atoms with E-state index in [0.29, 0.717) is 23.7 Å². The summed E-state index contributed by atoms with van der Waals surface area (Å²) in [6, 6.07) is 13.9. The van der Waals surface area contributed by atoms with Crippen molar-refractivity contribution in [2.45, 2.75) is 99.1 Å². The molecule has 0 radical (unpaired) electrons. The van der Waals surface area contributed by atoms with Crippen LogP contribution in [0.3, 0.4) is 0 Å². The van der Waals surface area contributed by atoms with Gasteiger partial charge in [0.1, 0.15) is 5.69 Å². The van der Waals surface area contributed by atoms with Crippen molar-refractivity contribution in [2.24, 2.45) is 0 Å². The van der Waals surface area contributed by atoms with Crippen LogP contribution in [0.2, 0.25) is 0 Å². The van der Waals surface area contributed by atoms with E-state index in [1.807, 2.05) is 70.4 Å². The maximum atomic E-state index is 12.4. The lowest BCUT2D eigenvalue weighted by Crippen LogP contribution is -2.14. The Morgan fingerprint density at radius 2 is 1.52 bits per heavy atom. The molecule has 6 rings (SSSR count). The van der Waals surface area contributed by atoms with Crippen LogP contribution in [0.1, 0.15) is 112 Å². The van der Waals surface area contributed by atoms with E-state index in [0.717, 1.165) is 47.8 Å². The molecular formula is C34H46N2O4. The van der Waals surface area contributed by atoms with Gasteiger partial charge < -0.3 is 19.0 Å². The van der Waals surface area contributed by atoms with Crippen molar-refractivity contribution in [3.8, 4) is 11.3 Å². The molecule has 2 aromatic carbocycles. The first-order valence-electron chi connectivity index (χ1n) is 15.2. The number of carboxylic acid groups (broad SMARTS) is 1. The fourth-order valence-electron chi connectivity index (χ4n) is 6.26. The Labute approximate surface area is 238 Å². The molecule has 0 spiro atoms. The first kappa shape index (κ1) is 31.0. The summed E-state index contributed by atoms with van der Waals surface area (Å²) >= 11 is 0. The molecule has 1 aliphatic heterocycles. The van der Waals surface area contributed by atoms with Gasteiger partial charge in [-0.15, -0.1) is 0 Å². The lowest BCUT2D eigenvalue weighted by atomic mass is 9.81. The summed E-state index contributed by atoms with van der Waals surface area (Å²) < 4.78 is 9.37. The number of rotatable bonds is 3. The number of carbonyl (C=O) groups excluding carboxylic acids is 1. The molecule has 0 bridgehead atoms. The Morgan fingerprint density at radius 1 is 0.850 bits per heavy atom. The van der Waals surface area contributed by atoms with E-state index >= 15 is 0 Å². The zero-order chi connectivity index (χ0) is 29.4. The van der Waals surface area contributed by atoms with Gasteiger partial charge in [-0.2, -0.15) is 0 Å². The highest BCUT2D eigenvalue weighted by molar-refractivity contribution is 6.05. The summed E-state index contributed by atoms with van der Waals surface area (Å²) in [6.07, 6.45) is 6.84. The largest absolute Gasteiger partial charge is 0.477 e. The number of esters is 1. The van der Waals surface area contributed by atoms with Crippen LogP contribution in [-0.2, 0) is 17.8 Å². The quantitative estimate of drug-likeness (QED) is 0.260. The lowest BCUT2D eigenvalue weighted by Gasteiger charge is -2.25. The van der Waals surface area contributed by atoms with Crippen molar-refractivity contribution >= 4 is 33.7 Å². The molecule has 2 aromatic heterocycles. The molecule has 216 valence electrons. The average Bonchev–Trinajstić information content (AvgIpc) is 3.54. The predicted octanol–water partition coefficient (Wildman–Crippen LogP) is 9.28. The third-order valence-electron chi connectivity index (χ3n) is 7.70. The first-order valence-corrected chi connectivity index (χ1v) is 15.2. The van der Waals surface area contributed by atoms with Gasteiger partial charge in [0, 0.05) is 34.9 Å². The summed E-state index contributed by atoms with van der Waals surface area (Å²) in [4.78, 5) is 24.4. The number of aryl methyl sites for hydroxylation is 2. The van der Waals surface area contributed by atoms with E-state index in [9.17, 15) is 14.7 Å². The smallest absolute Gasteiger partial charge is 0.352 e. The van der Waals surface area contributed by atoms with Crippen molar-refractivity contribution in [3.05, 3.63) is 59.3 Å². The zero-order valence-corrected chi connectivity index (χ0v) is 25.3. The molecule has 1 fully saturated rings. The molecule has 2 aliphatic rings. The molecule has 0 unspecified atom stereocenters. The second kappa shape index (κ2) is 14.2. The summed E-state index contributed by atoms with van der Waals surface area (Å²) in [6.45, 7) is 13.4. The molecule has 6 nitrogen and oxygen atoms in total. The molecule has 4 aromatic rings. The van der Waals surface area contributed by atoms with E-state index in [1.54, 1.807) is 6.07 Å². The molecule has 0 saturated heterocycles. The highest BCUT2D eigenvalue weighted by Crippen LogP contribution is 2.46. The van der Waals surface area contributed by atoms with Crippen LogP contribution in [0, 0.1) is 0 Å². The number of aromatic carboxylic acids is 1. The molecule has 6 heteroatoms. The number of aromatic nitrogens is 2. The molecule has 1 aliphatic carbocycles. The Hall–Kier alpha value is -3.54. The van der Waals surface area contributed by atoms with Gasteiger partial charge in [0.15, 0.2) is 0 Å². The topological polar surface area (TPSA) is 73.5 Å². The highest BCUT2D eigenvalue weighted by Gasteiger charge is 2.30. The van der Waals surface area contributed by atoms with Crippen LogP contribution in [-0.4, -0.2) is 33.3 Å². The van der Waals surface area contributed by atoms with Crippen LogP contribution in [0.25, 0.3) is 33.1 Å². The third kappa shape index (κ3) is 5.54. The van der Waals surface area contributed by atoms with Gasteiger partial charge in [-0.25, -0.2) is 9.59 Å². The molecule has 1 saturated carbocycles. The summed E-state index contributed by atoms with van der Waals surface area (Å²) in [5, 5.41) is 12.0. The third-order valence-corrected chi connectivity index (χ3v) is 7.70. The number of fused-ring (bicyclic) bond motifs is 4. The molecular weight excluding hydrogens is 500 g/mol. The maximum absolute atomic E-state index is 12.4. The monoisotopic (exact) mass is 546 g/mol. The van der Waals surface area contributed by atoms with E-state index in [1.165, 1.54) is 43.0 Å². The van der Waals surface area contributed by atoms with Crippen molar-refractivity contribution in [1.29, 1.82) is 0 Å². The number of hydrogen-bond acceptors (Lipinski definition) is 3. The van der Waals surface area contributed by atoms with Crippen LogP contribution in [0.4, 0.5) is 0 Å². The second-order valence-corrected chi connectivity index (χ2v) is 9.56. The standard InChI is InChI=1S/C28H28N2O4.3C2H6/c1-34-28(33)19-11-12-20-22(16-19)29-13-6-14-30-23(27(31)32)15-18-9-5-10-21(25(18)30)26(29)24(20)17-7-3-2-4-8-17;3*1-2/h5,9-12,15-17H,2-4,6-8,13-14H2,1H3,(H,31,32);3*1-2H3. The van der Waals surface area contributed by atoms with Gasteiger partial charge in [0.25, 0.3) is 0 Å². The van der Waals surface area contributed by atoms with Crippen LogP contribution in [0.15, 0.2) is 42.5 Å². The van der Waals surface area contributed by atoms with Crippen LogP contribution in [0.5, 0.6) is 0 Å². The molecule has 1 N–H and O–H groups in total. The predicted molar refractivity (Wildman–Crippen MR) is 166 cm³/mol. The number of methoxy groups -OCH3 is 1. The minimum Gasteiger partial charge on any atom is -0.477 e. The summed E-state index contributed by atoms with van der Waals surface area (Å²) in [7, 11) is 1.41. The second-order valence-electron chi connectivity index (χ2n) is 9.56. The van der Waals surface area contributed by atoms with Crippen molar-refractivity contribution in [1.82, 2.24) is 9.13 Å². The Morgan fingerprint density at radius 3 is 2.17 bits per heavy atom. The lowest BCUT2D eigenvalue weighted by molar-refractivity contribution is 0.0600. The normalized spacial score (nSPS) is 14.3. The zero-order valence-electron chi connectivity index (χ0n) is 25.3. The van der Waals surface area contributed by atoms with Gasteiger partial charge >= 0.3 is 11.9 Å². The van der Waals surface area contributed by atoms with E-state index in [2.05, 4.69) is 16.7 Å². The minimum atomic E-state index is -0.890. The van der Waals surface area contributed by atoms with Gasteiger partial charge in [0.05, 0.1) is 23.9 Å². The van der Waals surface area contributed by atoms with Gasteiger partial charge in [-0.1, -0.05) is 85.1 Å². The first-order chi connectivity index (χ1) is 19.6. The average molecular weight is 547 g/mol. The molecule has 0 atom stereocenters. The van der Waals surface area contributed by atoms with Crippen LogP contribution >= 0.6 is 0 Å². The number of nitrogens with zero attached hydrogens (tertiary/aromatic N) is 2. The SMILES string of the molecule is CC.CC.CC.COC(=O)c1ccc2c(C3CCCCC3)c3n(c2c1)CCCn1c(C(=O)O)cc2cccc-3c21. The summed E-state index contributed by atoms with van der Waals surface area (Å²) in [5.41, 5.74) is 6.58. The van der Waals surface area contributed by atoms with Gasteiger partial charge in [-0.05, 0) is 48.9 Å². The molecule has 40 heavy (non-hydrogen) atoms. The molecule has 3 heterocycles. The molecule has 0 amide bonds. The number of para-hydroxylation sites is 1. The number of hydrogen-bond donors (Lipinski definition) is 1. The van der Waals surface area contributed by atoms with E-state index in [4.69, 9.17) is 4.74 Å². The van der Waals surface area contributed by atoms with Crippen molar-refractivity contribution in [2.75, 3.05) is 7.11 Å². The van der Waals surface area contributed by atoms with E-state index in [-0.39, 0.29) is 5.97 Å². The number of ether oxygens (including phenoxy) is 1. The fourth-order valence-corrected chi connectivity index (χ4v) is 6.26.